The van der Waals surface area contributed by atoms with Gasteiger partial charge in [0.05, 0.1) is 5.75 Å². The molecule has 6 heteroatoms. The van der Waals surface area contributed by atoms with Crippen molar-refractivity contribution in [2.75, 3.05) is 11.1 Å². The molecule has 1 N–H and O–H groups in total. The number of carbonyl (C=O) groups is 1. The van der Waals surface area contributed by atoms with E-state index in [1.165, 1.54) is 47.2 Å². The average Bonchev–Trinajstić information content (AvgIpc) is 2.49. The summed E-state index contributed by atoms with van der Waals surface area (Å²) in [5.41, 5.74) is 2.92. The predicted octanol–water partition coefficient (Wildman–Crippen LogP) is 4.47. The quantitative estimate of drug-likeness (QED) is 0.810. The van der Waals surface area contributed by atoms with Crippen LogP contribution in [-0.2, 0) is 10.5 Å². The lowest BCUT2D eigenvalue weighted by molar-refractivity contribution is -0.113. The van der Waals surface area contributed by atoms with Gasteiger partial charge in [0.2, 0.25) is 5.91 Å². The fraction of sp³-hybridized carbons (Fsp3) is 0.235. The zero-order valence-corrected chi connectivity index (χ0v) is 13.4. The maximum absolute atomic E-state index is 12.0. The van der Waals surface area contributed by atoms with Crippen LogP contribution in [0.3, 0.4) is 0 Å². The third kappa shape index (κ3) is 6.28. The van der Waals surface area contributed by atoms with Gasteiger partial charge in [-0.1, -0.05) is 29.8 Å². The van der Waals surface area contributed by atoms with Crippen molar-refractivity contribution in [2.45, 2.75) is 19.3 Å². The normalized spacial score (nSPS) is 10.6. The van der Waals surface area contributed by atoms with Crippen molar-refractivity contribution in [1.29, 1.82) is 0 Å². The Morgan fingerprint density at radius 1 is 1.22 bits per heavy atom. The van der Waals surface area contributed by atoms with Crippen molar-refractivity contribution in [3.63, 3.8) is 0 Å². The Labute approximate surface area is 138 Å². The van der Waals surface area contributed by atoms with Crippen molar-refractivity contribution >= 4 is 23.4 Å². The molecule has 0 aliphatic heterocycles. The molecule has 0 bridgehead atoms. The molecular weight excluding hydrogens is 320 g/mol. The highest BCUT2D eigenvalue weighted by molar-refractivity contribution is 7.99. The van der Waals surface area contributed by atoms with Crippen LogP contribution in [0.2, 0.25) is 0 Å². The van der Waals surface area contributed by atoms with E-state index < -0.39 is 6.61 Å². The topological polar surface area (TPSA) is 38.3 Å². The van der Waals surface area contributed by atoms with Crippen LogP contribution in [0, 0.1) is 6.92 Å². The van der Waals surface area contributed by atoms with E-state index in [4.69, 9.17) is 0 Å². The van der Waals surface area contributed by atoms with Crippen LogP contribution in [0.25, 0.3) is 0 Å². The van der Waals surface area contributed by atoms with Crippen LogP contribution < -0.4 is 10.1 Å². The Hall–Kier alpha value is -2.08. The van der Waals surface area contributed by atoms with Crippen LogP contribution in [0.1, 0.15) is 11.1 Å². The number of hydrogen-bond donors (Lipinski definition) is 1. The van der Waals surface area contributed by atoms with Crippen LogP contribution in [0.4, 0.5) is 14.5 Å². The number of amides is 1. The number of aryl methyl sites for hydroxylation is 1. The number of rotatable bonds is 7. The fourth-order valence-electron chi connectivity index (χ4n) is 1.98. The summed E-state index contributed by atoms with van der Waals surface area (Å²) < 4.78 is 28.3. The Bertz CT molecular complexity index is 647. The highest BCUT2D eigenvalue weighted by Gasteiger charge is 2.06. The summed E-state index contributed by atoms with van der Waals surface area (Å²) in [7, 11) is 0. The first-order chi connectivity index (χ1) is 11.0. The lowest BCUT2D eigenvalue weighted by Gasteiger charge is -2.07. The molecule has 3 nitrogen and oxygen atoms in total. The molecule has 0 fully saturated rings. The Morgan fingerprint density at radius 3 is 2.61 bits per heavy atom. The van der Waals surface area contributed by atoms with Crippen LogP contribution >= 0.6 is 11.8 Å². The number of carbonyl (C=O) groups excluding carboxylic acids is 1. The largest absolute Gasteiger partial charge is 0.435 e. The monoisotopic (exact) mass is 337 g/mol. The number of benzene rings is 2. The number of alkyl halides is 2. The SMILES string of the molecule is Cc1cccc(CSCC(=O)Nc2ccc(OC(F)F)cc2)c1. The van der Waals surface area contributed by atoms with E-state index in [1.807, 2.05) is 25.1 Å². The van der Waals surface area contributed by atoms with Crippen molar-refractivity contribution in [3.05, 3.63) is 59.7 Å². The number of ether oxygens (including phenoxy) is 1. The molecule has 0 radical (unpaired) electrons. The molecule has 23 heavy (non-hydrogen) atoms. The Kier molecular flexibility index (Phi) is 6.40. The molecule has 0 saturated carbocycles. The zero-order chi connectivity index (χ0) is 16.7. The summed E-state index contributed by atoms with van der Waals surface area (Å²) >= 11 is 1.52. The van der Waals surface area contributed by atoms with Gasteiger partial charge < -0.3 is 10.1 Å². The standard InChI is InChI=1S/C17H17F2NO2S/c1-12-3-2-4-13(9-12)10-23-11-16(21)20-14-5-7-15(8-6-14)22-17(18)19/h2-9,17H,10-11H2,1H3,(H,20,21). The highest BCUT2D eigenvalue weighted by atomic mass is 32.2. The molecule has 0 atom stereocenters. The van der Waals surface area contributed by atoms with Crippen LogP contribution in [0.15, 0.2) is 48.5 Å². The van der Waals surface area contributed by atoms with Crippen molar-refractivity contribution in [2.24, 2.45) is 0 Å². The molecule has 0 aliphatic rings. The molecule has 2 aromatic carbocycles. The summed E-state index contributed by atoms with van der Waals surface area (Å²) in [6, 6.07) is 14.0. The minimum Gasteiger partial charge on any atom is -0.435 e. The summed E-state index contributed by atoms with van der Waals surface area (Å²) in [5, 5.41) is 2.72. The average molecular weight is 337 g/mol. The van der Waals surface area contributed by atoms with Crippen molar-refractivity contribution in [1.82, 2.24) is 0 Å². The fourth-order valence-corrected chi connectivity index (χ4v) is 2.76. The minimum atomic E-state index is -2.85. The second-order valence-corrected chi connectivity index (χ2v) is 5.92. The van der Waals surface area contributed by atoms with E-state index >= 15 is 0 Å². The zero-order valence-electron chi connectivity index (χ0n) is 12.6. The summed E-state index contributed by atoms with van der Waals surface area (Å²) in [5.74, 6) is 1.01. The van der Waals surface area contributed by atoms with Crippen LogP contribution in [-0.4, -0.2) is 18.3 Å². The molecule has 2 aromatic rings. The number of nitrogens with one attached hydrogen (secondary N) is 1. The van der Waals surface area contributed by atoms with E-state index in [9.17, 15) is 13.6 Å². The van der Waals surface area contributed by atoms with Gasteiger partial charge in [0.25, 0.3) is 0 Å². The molecule has 2 rings (SSSR count). The summed E-state index contributed by atoms with van der Waals surface area (Å²) in [6.07, 6.45) is 0. The van der Waals surface area contributed by atoms with Gasteiger partial charge in [0, 0.05) is 11.4 Å². The molecular formula is C17H17F2NO2S. The molecule has 0 aromatic heterocycles. The Balaban J connectivity index is 1.76. The van der Waals surface area contributed by atoms with Gasteiger partial charge in [-0.3, -0.25) is 4.79 Å². The minimum absolute atomic E-state index is 0.0619. The summed E-state index contributed by atoms with van der Waals surface area (Å²) in [4.78, 5) is 11.8. The number of thioether (sulfide) groups is 1. The van der Waals surface area contributed by atoms with E-state index in [0.717, 1.165) is 5.75 Å². The second-order valence-electron chi connectivity index (χ2n) is 4.93. The van der Waals surface area contributed by atoms with E-state index in [-0.39, 0.29) is 11.7 Å². The molecule has 0 aliphatic carbocycles. The highest BCUT2D eigenvalue weighted by Crippen LogP contribution is 2.18. The molecule has 122 valence electrons. The van der Waals surface area contributed by atoms with Crippen molar-refractivity contribution in [3.8, 4) is 5.75 Å². The second kappa shape index (κ2) is 8.53. The smallest absolute Gasteiger partial charge is 0.387 e. The molecule has 1 amide bonds. The first kappa shape index (κ1) is 17.3. The van der Waals surface area contributed by atoms with Gasteiger partial charge in [-0.2, -0.15) is 8.78 Å². The van der Waals surface area contributed by atoms with Gasteiger partial charge in [-0.05, 0) is 36.8 Å². The lowest BCUT2D eigenvalue weighted by atomic mass is 10.2. The molecule has 0 saturated heterocycles. The van der Waals surface area contributed by atoms with E-state index in [0.29, 0.717) is 11.4 Å². The van der Waals surface area contributed by atoms with E-state index in [2.05, 4.69) is 16.1 Å². The van der Waals surface area contributed by atoms with Crippen LogP contribution in [0.5, 0.6) is 5.75 Å². The van der Waals surface area contributed by atoms with Gasteiger partial charge in [-0.25, -0.2) is 0 Å². The molecule has 0 spiro atoms. The Morgan fingerprint density at radius 2 is 1.96 bits per heavy atom. The molecule has 0 heterocycles. The lowest BCUT2D eigenvalue weighted by Crippen LogP contribution is -2.14. The first-order valence-electron chi connectivity index (χ1n) is 7.01. The predicted molar refractivity (Wildman–Crippen MR) is 89.0 cm³/mol. The van der Waals surface area contributed by atoms with Gasteiger partial charge >= 0.3 is 6.61 Å². The summed E-state index contributed by atoms with van der Waals surface area (Å²) in [6.45, 7) is -0.823. The van der Waals surface area contributed by atoms with Gasteiger partial charge in [-0.15, -0.1) is 11.8 Å². The van der Waals surface area contributed by atoms with E-state index in [1.54, 1.807) is 0 Å². The maximum atomic E-state index is 12.0. The van der Waals surface area contributed by atoms with Gasteiger partial charge in [0.1, 0.15) is 5.75 Å². The number of hydrogen-bond acceptors (Lipinski definition) is 3. The third-order valence-corrected chi connectivity index (χ3v) is 3.95. The first-order valence-corrected chi connectivity index (χ1v) is 8.16. The molecule has 0 unspecified atom stereocenters. The van der Waals surface area contributed by atoms with Gasteiger partial charge in [0.15, 0.2) is 0 Å². The van der Waals surface area contributed by atoms with Crippen molar-refractivity contribution < 1.29 is 18.3 Å². The number of halogens is 2. The maximum Gasteiger partial charge on any atom is 0.387 e. The third-order valence-electron chi connectivity index (χ3n) is 2.95. The number of anilines is 1.